The van der Waals surface area contributed by atoms with Gasteiger partial charge >= 0.3 is 0 Å². The maximum atomic E-state index is 13.9. The van der Waals surface area contributed by atoms with E-state index >= 15 is 0 Å². The van der Waals surface area contributed by atoms with Gasteiger partial charge in [-0.2, -0.15) is 4.31 Å². The zero-order chi connectivity index (χ0) is 15.5. The van der Waals surface area contributed by atoms with E-state index in [0.29, 0.717) is 5.69 Å². The molecule has 0 saturated heterocycles. The molecule has 0 aliphatic heterocycles. The molecule has 0 spiro atoms. The van der Waals surface area contributed by atoms with Crippen LogP contribution in [0.4, 0.5) is 10.1 Å². The molecule has 2 rings (SSSR count). The van der Waals surface area contributed by atoms with Gasteiger partial charge in [-0.25, -0.2) is 12.8 Å². The molecule has 1 aromatic carbocycles. The highest BCUT2D eigenvalue weighted by atomic mass is 32.2. The predicted molar refractivity (Wildman–Crippen MR) is 78.3 cm³/mol. The van der Waals surface area contributed by atoms with E-state index in [1.54, 1.807) is 31.3 Å². The number of hydrogen-bond donors (Lipinski definition) is 1. The van der Waals surface area contributed by atoms with Crippen molar-refractivity contribution in [2.75, 3.05) is 12.3 Å². The zero-order valence-corrected chi connectivity index (χ0v) is 12.3. The number of anilines is 1. The van der Waals surface area contributed by atoms with Gasteiger partial charge in [0.2, 0.25) is 10.0 Å². The summed E-state index contributed by atoms with van der Waals surface area (Å²) in [4.78, 5) is 3.60. The largest absolute Gasteiger partial charge is 0.398 e. The number of pyridine rings is 1. The first-order valence-electron chi connectivity index (χ1n) is 6.41. The number of hydrogen-bond acceptors (Lipinski definition) is 4. The van der Waals surface area contributed by atoms with Crippen LogP contribution in [0.2, 0.25) is 0 Å². The lowest BCUT2D eigenvalue weighted by Gasteiger charge is -2.21. The van der Waals surface area contributed by atoms with E-state index in [-0.39, 0.29) is 18.8 Å². The Bertz CT molecular complexity index is 700. The van der Waals surface area contributed by atoms with Crippen LogP contribution in [-0.4, -0.2) is 24.3 Å². The quantitative estimate of drug-likeness (QED) is 0.857. The third-order valence-electron chi connectivity index (χ3n) is 3.01. The third kappa shape index (κ3) is 3.20. The minimum atomic E-state index is -4.02. The normalized spacial score (nSPS) is 11.8. The summed E-state index contributed by atoms with van der Waals surface area (Å²) in [6, 6.07) is 9.04. The fourth-order valence-electron chi connectivity index (χ4n) is 1.97. The maximum Gasteiger partial charge on any atom is 0.248 e. The lowest BCUT2D eigenvalue weighted by Crippen LogP contribution is -2.32. The summed E-state index contributed by atoms with van der Waals surface area (Å²) < 4.78 is 40.2. The molecule has 7 heteroatoms. The number of nitrogen functional groups attached to an aromatic ring is 1. The lowest BCUT2D eigenvalue weighted by molar-refractivity contribution is 0.415. The van der Waals surface area contributed by atoms with Gasteiger partial charge in [-0.3, -0.25) is 4.98 Å². The van der Waals surface area contributed by atoms with Crippen LogP contribution in [0.25, 0.3) is 0 Å². The molecule has 0 aliphatic rings. The van der Waals surface area contributed by atoms with Crippen molar-refractivity contribution in [3.05, 3.63) is 54.1 Å². The number of nitrogens with two attached hydrogens (primary N) is 1. The van der Waals surface area contributed by atoms with Crippen molar-refractivity contribution in [1.82, 2.24) is 9.29 Å². The summed E-state index contributed by atoms with van der Waals surface area (Å²) in [5.74, 6) is -0.852. The molecule has 1 heterocycles. The molecule has 1 aromatic heterocycles. The minimum absolute atomic E-state index is 0.0629. The maximum absolute atomic E-state index is 13.9. The van der Waals surface area contributed by atoms with Crippen LogP contribution in [0.15, 0.2) is 47.5 Å². The Morgan fingerprint density at radius 2 is 2.00 bits per heavy atom. The van der Waals surface area contributed by atoms with Crippen LogP contribution >= 0.6 is 0 Å². The van der Waals surface area contributed by atoms with Crippen LogP contribution in [0.5, 0.6) is 0 Å². The average Bonchev–Trinajstić information content (AvgIpc) is 2.45. The molecule has 21 heavy (non-hydrogen) atoms. The Kier molecular flexibility index (Phi) is 4.54. The predicted octanol–water partition coefficient (Wildman–Crippen LogP) is 2.01. The van der Waals surface area contributed by atoms with Crippen LogP contribution in [0, 0.1) is 5.82 Å². The van der Waals surface area contributed by atoms with Crippen molar-refractivity contribution >= 4 is 15.7 Å². The van der Waals surface area contributed by atoms with E-state index in [1.807, 2.05) is 0 Å². The Labute approximate surface area is 123 Å². The van der Waals surface area contributed by atoms with Crippen molar-refractivity contribution in [1.29, 1.82) is 0 Å². The van der Waals surface area contributed by atoms with Gasteiger partial charge in [-0.15, -0.1) is 0 Å². The highest BCUT2D eigenvalue weighted by Gasteiger charge is 2.28. The van der Waals surface area contributed by atoms with Crippen molar-refractivity contribution in [2.45, 2.75) is 18.4 Å². The smallest absolute Gasteiger partial charge is 0.248 e. The summed E-state index contributed by atoms with van der Waals surface area (Å²) in [6.07, 6.45) is 1.58. The van der Waals surface area contributed by atoms with E-state index in [9.17, 15) is 12.8 Å². The molecule has 112 valence electrons. The molecule has 2 N–H and O–H groups in total. The summed E-state index contributed by atoms with van der Waals surface area (Å²) in [5, 5.41) is 0. The molecular weight excluding hydrogens is 293 g/mol. The number of nitrogens with zero attached hydrogens (tertiary/aromatic N) is 2. The molecule has 0 radical (unpaired) electrons. The first-order chi connectivity index (χ1) is 9.96. The summed E-state index contributed by atoms with van der Waals surface area (Å²) >= 11 is 0. The highest BCUT2D eigenvalue weighted by Crippen LogP contribution is 2.26. The molecule has 2 aromatic rings. The third-order valence-corrected chi connectivity index (χ3v) is 5.03. The van der Waals surface area contributed by atoms with Gasteiger partial charge < -0.3 is 5.73 Å². The molecule has 0 unspecified atom stereocenters. The fourth-order valence-corrected chi connectivity index (χ4v) is 3.55. The van der Waals surface area contributed by atoms with Crippen LogP contribution in [0.3, 0.4) is 0 Å². The Balaban J connectivity index is 2.41. The Morgan fingerprint density at radius 3 is 2.57 bits per heavy atom. The lowest BCUT2D eigenvalue weighted by atomic mass is 10.3. The van der Waals surface area contributed by atoms with E-state index < -0.39 is 20.7 Å². The van der Waals surface area contributed by atoms with Gasteiger partial charge in [-0.05, 0) is 24.3 Å². The van der Waals surface area contributed by atoms with Gasteiger partial charge in [0.1, 0.15) is 10.7 Å². The summed E-state index contributed by atoms with van der Waals surface area (Å²) in [6.45, 7) is 1.93. The second-order valence-corrected chi connectivity index (χ2v) is 6.29. The molecule has 0 atom stereocenters. The first kappa shape index (κ1) is 15.4. The van der Waals surface area contributed by atoms with Gasteiger partial charge in [0.05, 0.1) is 17.9 Å². The van der Waals surface area contributed by atoms with Crippen LogP contribution in [0.1, 0.15) is 12.6 Å². The zero-order valence-electron chi connectivity index (χ0n) is 11.5. The number of aromatic nitrogens is 1. The van der Waals surface area contributed by atoms with E-state index in [2.05, 4.69) is 4.98 Å². The number of halogens is 1. The van der Waals surface area contributed by atoms with Crippen molar-refractivity contribution in [3.63, 3.8) is 0 Å². The molecule has 0 amide bonds. The van der Waals surface area contributed by atoms with E-state index in [0.717, 1.165) is 10.4 Å². The second kappa shape index (κ2) is 6.19. The molecule has 0 bridgehead atoms. The molecular formula is C14H16FN3O2S. The molecule has 0 saturated carbocycles. The fraction of sp³-hybridized carbons (Fsp3) is 0.214. The van der Waals surface area contributed by atoms with Crippen molar-refractivity contribution in [3.8, 4) is 0 Å². The number of sulfonamides is 1. The average molecular weight is 309 g/mol. The van der Waals surface area contributed by atoms with Gasteiger partial charge in [-0.1, -0.05) is 19.1 Å². The standard InChI is InChI=1S/C14H16FN3O2S/c1-2-18(10-11-6-3-4-9-17-11)21(19,20)14-12(15)7-5-8-13(14)16/h3-9H,2,10,16H2,1H3. The molecule has 0 aliphatic carbocycles. The van der Waals surface area contributed by atoms with E-state index in [4.69, 9.17) is 5.73 Å². The topological polar surface area (TPSA) is 76.3 Å². The SMILES string of the molecule is CCN(Cc1ccccn1)S(=O)(=O)c1c(N)cccc1F. The second-order valence-electron chi connectivity index (χ2n) is 4.41. The molecule has 0 fully saturated rings. The minimum Gasteiger partial charge on any atom is -0.398 e. The van der Waals surface area contributed by atoms with Gasteiger partial charge in [0.15, 0.2) is 0 Å². The monoisotopic (exact) mass is 309 g/mol. The van der Waals surface area contributed by atoms with Crippen LogP contribution < -0.4 is 5.73 Å². The molecule has 5 nitrogen and oxygen atoms in total. The van der Waals surface area contributed by atoms with Crippen molar-refractivity contribution in [2.24, 2.45) is 0 Å². The van der Waals surface area contributed by atoms with Crippen LogP contribution in [-0.2, 0) is 16.6 Å². The van der Waals surface area contributed by atoms with E-state index in [1.165, 1.54) is 12.1 Å². The summed E-state index contributed by atoms with van der Waals surface area (Å²) in [5.41, 5.74) is 6.11. The Hall–Kier alpha value is -1.99. The van der Waals surface area contributed by atoms with Crippen molar-refractivity contribution < 1.29 is 12.8 Å². The number of benzene rings is 1. The Morgan fingerprint density at radius 1 is 1.24 bits per heavy atom. The summed E-state index contributed by atoms with van der Waals surface area (Å²) in [7, 11) is -4.02. The van der Waals surface area contributed by atoms with Gasteiger partial charge in [0.25, 0.3) is 0 Å². The van der Waals surface area contributed by atoms with Gasteiger partial charge in [0, 0.05) is 12.7 Å². The number of rotatable bonds is 5. The highest BCUT2D eigenvalue weighted by molar-refractivity contribution is 7.89. The first-order valence-corrected chi connectivity index (χ1v) is 7.85.